The van der Waals surface area contributed by atoms with Crippen LogP contribution in [0.4, 0.5) is 0 Å². The van der Waals surface area contributed by atoms with Crippen LogP contribution < -0.4 is 0 Å². The Kier molecular flexibility index (Phi) is 2.21. The minimum absolute atomic E-state index is 0.154. The molecule has 50 valence electrons. The van der Waals surface area contributed by atoms with Crippen molar-refractivity contribution in [2.24, 2.45) is 9.98 Å². The second-order valence-corrected chi connectivity index (χ2v) is 1.74. The minimum Gasteiger partial charge on any atom is -0.395 e. The van der Waals surface area contributed by atoms with Gasteiger partial charge in [-0.15, -0.1) is 0 Å². The van der Waals surface area contributed by atoms with Gasteiger partial charge in [-0.3, -0.25) is 4.99 Å². The molecule has 0 saturated heterocycles. The molecule has 0 aromatic rings. The molecule has 0 atom stereocenters. The fourth-order valence-electron chi connectivity index (χ4n) is 0.606. The maximum atomic E-state index is 8.46. The molecule has 0 aliphatic carbocycles. The van der Waals surface area contributed by atoms with Crippen LogP contribution in [0, 0.1) is 0 Å². The summed E-state index contributed by atoms with van der Waals surface area (Å²) in [6.07, 6.45) is 3.18. The van der Waals surface area contributed by atoms with Crippen molar-refractivity contribution in [2.75, 3.05) is 19.8 Å². The van der Waals surface area contributed by atoms with E-state index in [1.807, 2.05) is 4.90 Å². The average Bonchev–Trinajstić information content (AvgIpc) is 1.91. The summed E-state index contributed by atoms with van der Waals surface area (Å²) in [5, 5.41) is 8.46. The van der Waals surface area contributed by atoms with Gasteiger partial charge in [-0.2, -0.15) is 0 Å². The van der Waals surface area contributed by atoms with E-state index in [0.29, 0.717) is 13.2 Å². The molecule has 0 aromatic heterocycles. The Balaban J connectivity index is 2.28. The van der Waals surface area contributed by atoms with Gasteiger partial charge in [0.2, 0.25) is 0 Å². The zero-order chi connectivity index (χ0) is 6.53. The van der Waals surface area contributed by atoms with Crippen molar-refractivity contribution in [3.05, 3.63) is 0 Å². The predicted octanol–water partition coefficient (Wildman–Crippen LogP) is -0.692. The van der Waals surface area contributed by atoms with Crippen molar-refractivity contribution in [3.8, 4) is 0 Å². The molecule has 1 rings (SSSR count). The predicted molar refractivity (Wildman–Crippen MR) is 35.6 cm³/mol. The summed E-state index contributed by atoms with van der Waals surface area (Å²) in [5.41, 5.74) is 0. The minimum atomic E-state index is 0.154. The molecule has 4 nitrogen and oxygen atoms in total. The van der Waals surface area contributed by atoms with Crippen LogP contribution in [-0.4, -0.2) is 42.5 Å². The number of hydrogen-bond acceptors (Lipinski definition) is 4. The maximum Gasteiger partial charge on any atom is 0.113 e. The zero-order valence-corrected chi connectivity index (χ0v) is 5.06. The number of aliphatic hydroxyl groups is 1. The molecule has 9 heavy (non-hydrogen) atoms. The molecule has 0 amide bonds. The first-order valence-electron chi connectivity index (χ1n) is 2.80. The molecule has 0 radical (unpaired) electrons. The summed E-state index contributed by atoms with van der Waals surface area (Å²) < 4.78 is 0. The van der Waals surface area contributed by atoms with E-state index in [0.717, 1.165) is 0 Å². The second-order valence-electron chi connectivity index (χ2n) is 1.74. The summed E-state index contributed by atoms with van der Waals surface area (Å²) in [4.78, 5) is 9.48. The van der Waals surface area contributed by atoms with Gasteiger partial charge in [0.15, 0.2) is 0 Å². The van der Waals surface area contributed by atoms with Gasteiger partial charge in [-0.1, -0.05) is 0 Å². The molecular weight excluding hydrogens is 118 g/mol. The van der Waals surface area contributed by atoms with Gasteiger partial charge in [0.25, 0.3) is 0 Å². The van der Waals surface area contributed by atoms with Crippen LogP contribution in [0.3, 0.4) is 0 Å². The van der Waals surface area contributed by atoms with E-state index in [2.05, 4.69) is 9.98 Å². The van der Waals surface area contributed by atoms with Gasteiger partial charge in [-0.05, 0) is 0 Å². The standard InChI is InChI=1S/C5H9N3O/c9-2-1-8-4-6-3-7-5-8/h3-4,9H,1-2,5H2. The molecule has 4 heteroatoms. The number of hydrogen-bond donors (Lipinski definition) is 1. The molecule has 1 N–H and O–H groups in total. The van der Waals surface area contributed by atoms with Gasteiger partial charge in [-0.25, -0.2) is 4.99 Å². The third kappa shape index (κ3) is 1.81. The molecule has 1 heterocycles. The molecular formula is C5H9N3O. The number of aliphatic imine (C=N–C) groups is 2. The first kappa shape index (κ1) is 6.22. The van der Waals surface area contributed by atoms with Gasteiger partial charge in [0.1, 0.15) is 13.0 Å². The van der Waals surface area contributed by atoms with Crippen LogP contribution in [0.1, 0.15) is 0 Å². The second kappa shape index (κ2) is 3.19. The van der Waals surface area contributed by atoms with Crippen LogP contribution in [-0.2, 0) is 0 Å². The SMILES string of the molecule is OCCN1C=NC=NC1. The molecule has 0 bridgehead atoms. The molecule has 0 saturated carbocycles. The Morgan fingerprint density at radius 1 is 1.67 bits per heavy atom. The van der Waals surface area contributed by atoms with Crippen LogP contribution in [0.2, 0.25) is 0 Å². The zero-order valence-electron chi connectivity index (χ0n) is 5.06. The van der Waals surface area contributed by atoms with Crippen LogP contribution in [0.15, 0.2) is 9.98 Å². The number of aliphatic hydroxyl groups excluding tert-OH is 1. The van der Waals surface area contributed by atoms with Gasteiger partial charge < -0.3 is 10.0 Å². The summed E-state index contributed by atoms with van der Waals surface area (Å²) in [6.45, 7) is 1.38. The van der Waals surface area contributed by atoms with Crippen LogP contribution in [0.25, 0.3) is 0 Å². The lowest BCUT2D eigenvalue weighted by Gasteiger charge is -2.16. The number of rotatable bonds is 2. The first-order chi connectivity index (χ1) is 4.43. The number of nitrogens with zero attached hydrogens (tertiary/aromatic N) is 3. The van der Waals surface area contributed by atoms with Crippen LogP contribution in [0.5, 0.6) is 0 Å². The lowest BCUT2D eigenvalue weighted by molar-refractivity contribution is 0.254. The maximum absolute atomic E-state index is 8.46. The quantitative estimate of drug-likeness (QED) is 0.533. The van der Waals surface area contributed by atoms with Crippen molar-refractivity contribution in [3.63, 3.8) is 0 Å². The van der Waals surface area contributed by atoms with E-state index in [9.17, 15) is 0 Å². The summed E-state index contributed by atoms with van der Waals surface area (Å²) in [6, 6.07) is 0. The smallest absolute Gasteiger partial charge is 0.113 e. The highest BCUT2D eigenvalue weighted by Crippen LogP contribution is 1.87. The highest BCUT2D eigenvalue weighted by atomic mass is 16.3. The fourth-order valence-corrected chi connectivity index (χ4v) is 0.606. The third-order valence-electron chi connectivity index (χ3n) is 1.03. The molecule has 0 spiro atoms. The van der Waals surface area contributed by atoms with E-state index < -0.39 is 0 Å². The normalized spacial score (nSPS) is 16.8. The largest absolute Gasteiger partial charge is 0.395 e. The van der Waals surface area contributed by atoms with E-state index in [4.69, 9.17) is 5.11 Å². The van der Waals surface area contributed by atoms with E-state index in [1.165, 1.54) is 6.34 Å². The van der Waals surface area contributed by atoms with E-state index >= 15 is 0 Å². The van der Waals surface area contributed by atoms with Crippen molar-refractivity contribution < 1.29 is 5.11 Å². The first-order valence-corrected chi connectivity index (χ1v) is 2.80. The van der Waals surface area contributed by atoms with Crippen molar-refractivity contribution >= 4 is 12.7 Å². The fraction of sp³-hybridized carbons (Fsp3) is 0.600. The molecule has 1 aliphatic rings. The molecule has 1 aliphatic heterocycles. The highest BCUT2D eigenvalue weighted by Gasteiger charge is 1.97. The monoisotopic (exact) mass is 127 g/mol. The summed E-state index contributed by atoms with van der Waals surface area (Å²) >= 11 is 0. The lowest BCUT2D eigenvalue weighted by Crippen LogP contribution is -2.27. The van der Waals surface area contributed by atoms with Gasteiger partial charge in [0, 0.05) is 6.54 Å². The Hall–Kier alpha value is -0.900. The van der Waals surface area contributed by atoms with Gasteiger partial charge >= 0.3 is 0 Å². The van der Waals surface area contributed by atoms with Crippen molar-refractivity contribution in [1.82, 2.24) is 4.90 Å². The highest BCUT2D eigenvalue weighted by molar-refractivity contribution is 5.72. The average molecular weight is 127 g/mol. The van der Waals surface area contributed by atoms with E-state index in [-0.39, 0.29) is 6.61 Å². The van der Waals surface area contributed by atoms with Crippen molar-refractivity contribution in [1.29, 1.82) is 0 Å². The Labute approximate surface area is 53.5 Å². The lowest BCUT2D eigenvalue weighted by atomic mass is 10.6. The Morgan fingerprint density at radius 3 is 3.11 bits per heavy atom. The summed E-state index contributed by atoms with van der Waals surface area (Å²) in [7, 11) is 0. The topological polar surface area (TPSA) is 48.2 Å². The van der Waals surface area contributed by atoms with Crippen molar-refractivity contribution in [2.45, 2.75) is 0 Å². The molecule has 0 fully saturated rings. The van der Waals surface area contributed by atoms with Gasteiger partial charge in [0.05, 0.1) is 12.9 Å². The third-order valence-corrected chi connectivity index (χ3v) is 1.03. The van der Waals surface area contributed by atoms with E-state index in [1.54, 1.807) is 6.34 Å². The summed E-state index contributed by atoms with van der Waals surface area (Å²) in [5.74, 6) is 0. The van der Waals surface area contributed by atoms with Crippen LogP contribution >= 0.6 is 0 Å². The molecule has 0 aromatic carbocycles. The Bertz CT molecular complexity index is 132. The Morgan fingerprint density at radius 2 is 2.56 bits per heavy atom. The number of β-amino-alcohol motifs (C(OH)–C–C–N with tert-alkyl or cyclic N) is 1. The molecule has 0 unspecified atom stereocenters.